The van der Waals surface area contributed by atoms with E-state index in [-0.39, 0.29) is 18.5 Å². The van der Waals surface area contributed by atoms with Gasteiger partial charge in [-0.25, -0.2) is 9.78 Å². The molecule has 4 heterocycles. The van der Waals surface area contributed by atoms with Crippen molar-refractivity contribution in [2.45, 2.75) is 32.7 Å². The molecule has 0 aliphatic carbocycles. The van der Waals surface area contributed by atoms with Gasteiger partial charge in [-0.05, 0) is 32.8 Å². The van der Waals surface area contributed by atoms with Gasteiger partial charge in [0.1, 0.15) is 18.8 Å². The molecular weight excluding hydrogens is 366 g/mol. The van der Waals surface area contributed by atoms with Gasteiger partial charge in [0.05, 0.1) is 18.3 Å². The van der Waals surface area contributed by atoms with Crippen molar-refractivity contribution in [3.05, 3.63) is 24.3 Å². The topological polar surface area (TPSA) is 120 Å². The molecule has 0 amide bonds. The Labute approximate surface area is 160 Å². The van der Waals surface area contributed by atoms with E-state index in [1.54, 1.807) is 24.6 Å². The lowest BCUT2D eigenvalue weighted by Crippen LogP contribution is -2.35. The van der Waals surface area contributed by atoms with Crippen LogP contribution in [0.5, 0.6) is 11.6 Å². The molecule has 3 aromatic heterocycles. The molecule has 148 valence electrons. The number of hydrogen-bond acceptors (Lipinski definition) is 9. The molecule has 1 N–H and O–H groups in total. The Morgan fingerprint density at radius 2 is 2.29 bits per heavy atom. The lowest BCUT2D eigenvalue weighted by molar-refractivity contribution is 0.101. The summed E-state index contributed by atoms with van der Waals surface area (Å²) in [5, 5.41) is 11.0. The van der Waals surface area contributed by atoms with E-state index in [2.05, 4.69) is 30.2 Å². The molecule has 1 fully saturated rings. The minimum atomic E-state index is -0.813. The Bertz CT molecular complexity index is 969. The summed E-state index contributed by atoms with van der Waals surface area (Å²) >= 11 is 0. The van der Waals surface area contributed by atoms with E-state index in [0.717, 1.165) is 25.2 Å². The summed E-state index contributed by atoms with van der Waals surface area (Å²) in [5.74, 6) is 1.95. The van der Waals surface area contributed by atoms with Crippen LogP contribution in [-0.4, -0.2) is 61.7 Å². The van der Waals surface area contributed by atoms with Gasteiger partial charge in [-0.1, -0.05) is 0 Å². The summed E-state index contributed by atoms with van der Waals surface area (Å²) in [6, 6.07) is 2.04. The van der Waals surface area contributed by atoms with Gasteiger partial charge in [-0.2, -0.15) is 14.6 Å². The quantitative estimate of drug-likeness (QED) is 0.631. The zero-order valence-electron chi connectivity index (χ0n) is 15.7. The third-order valence-electron chi connectivity index (χ3n) is 4.55. The Kier molecular flexibility index (Phi) is 4.96. The van der Waals surface area contributed by atoms with Gasteiger partial charge in [-0.15, -0.1) is 5.10 Å². The van der Waals surface area contributed by atoms with Gasteiger partial charge >= 0.3 is 6.16 Å². The Hall–Kier alpha value is -3.37. The van der Waals surface area contributed by atoms with Crippen molar-refractivity contribution >= 4 is 17.8 Å². The first-order valence-corrected chi connectivity index (χ1v) is 9.11. The molecule has 3 aromatic rings. The summed E-state index contributed by atoms with van der Waals surface area (Å²) in [6.45, 7) is 5.00. The average Bonchev–Trinajstić information content (AvgIpc) is 3.40. The summed E-state index contributed by atoms with van der Waals surface area (Å²) in [4.78, 5) is 22.2. The summed E-state index contributed by atoms with van der Waals surface area (Å²) in [6.07, 6.45) is 4.39. The summed E-state index contributed by atoms with van der Waals surface area (Å²) in [5.41, 5.74) is 0.673. The van der Waals surface area contributed by atoms with Crippen LogP contribution in [0, 0.1) is 6.92 Å². The van der Waals surface area contributed by atoms with E-state index in [0.29, 0.717) is 23.8 Å². The number of anilines is 1. The number of aromatic nitrogens is 6. The Morgan fingerprint density at radius 3 is 3.14 bits per heavy atom. The fourth-order valence-corrected chi connectivity index (χ4v) is 3.30. The van der Waals surface area contributed by atoms with E-state index in [4.69, 9.17) is 14.2 Å². The zero-order valence-corrected chi connectivity index (χ0v) is 15.7. The lowest BCUT2D eigenvalue weighted by atomic mass is 10.2. The highest BCUT2D eigenvalue weighted by molar-refractivity contribution is 5.64. The molecule has 0 bridgehead atoms. The molecule has 0 spiro atoms. The first-order chi connectivity index (χ1) is 13.7. The van der Waals surface area contributed by atoms with Gasteiger partial charge in [0, 0.05) is 12.7 Å². The average molecular weight is 387 g/mol. The molecule has 0 saturated carbocycles. The molecule has 0 aromatic carbocycles. The highest BCUT2D eigenvalue weighted by atomic mass is 16.7. The summed E-state index contributed by atoms with van der Waals surface area (Å²) in [7, 11) is 0. The second-order valence-electron chi connectivity index (χ2n) is 6.34. The number of carbonyl (C=O) groups excluding carboxylic acids is 1. The maximum absolute atomic E-state index is 11.6. The van der Waals surface area contributed by atoms with Crippen molar-refractivity contribution in [1.82, 2.24) is 29.8 Å². The van der Waals surface area contributed by atoms with Gasteiger partial charge in [0.2, 0.25) is 5.75 Å². The molecule has 1 aliphatic heterocycles. The van der Waals surface area contributed by atoms with E-state index in [1.165, 1.54) is 6.33 Å². The van der Waals surface area contributed by atoms with Crippen LogP contribution in [0.2, 0.25) is 0 Å². The number of H-pyrrole nitrogens is 1. The molecule has 28 heavy (non-hydrogen) atoms. The smallest absolute Gasteiger partial charge is 0.484 e. The molecular formula is C17H21N7O4. The molecule has 1 aliphatic rings. The van der Waals surface area contributed by atoms with Crippen molar-refractivity contribution in [1.29, 1.82) is 0 Å². The normalized spacial score (nSPS) is 16.5. The fraction of sp³-hybridized carbons (Fsp3) is 0.471. The van der Waals surface area contributed by atoms with Crippen LogP contribution in [0.15, 0.2) is 18.6 Å². The van der Waals surface area contributed by atoms with Crippen molar-refractivity contribution in [3.8, 4) is 11.6 Å². The van der Waals surface area contributed by atoms with Crippen LogP contribution < -0.4 is 14.4 Å². The van der Waals surface area contributed by atoms with Gasteiger partial charge < -0.3 is 19.1 Å². The van der Waals surface area contributed by atoms with E-state index in [1.807, 2.05) is 6.07 Å². The van der Waals surface area contributed by atoms with Crippen LogP contribution in [0.1, 0.15) is 25.5 Å². The predicted molar refractivity (Wildman–Crippen MR) is 97.6 cm³/mol. The molecule has 11 heteroatoms. The van der Waals surface area contributed by atoms with E-state index >= 15 is 0 Å². The number of carbonyl (C=O) groups is 1. The molecule has 4 rings (SSSR count). The second kappa shape index (κ2) is 7.71. The zero-order chi connectivity index (χ0) is 19.5. The van der Waals surface area contributed by atoms with E-state index < -0.39 is 6.16 Å². The Morgan fingerprint density at radius 1 is 1.39 bits per heavy atom. The highest BCUT2D eigenvalue weighted by Crippen LogP contribution is 2.31. The SMILES string of the molecule is CCOC(=O)Oc1n[nH]c(C)c1OC[C@H]1CCCN1c1ccnc2ncnn12. The van der Waals surface area contributed by atoms with E-state index in [9.17, 15) is 4.79 Å². The molecule has 0 unspecified atom stereocenters. The van der Waals surface area contributed by atoms with Crippen LogP contribution in [-0.2, 0) is 4.74 Å². The number of hydrogen-bond donors (Lipinski definition) is 1. The molecule has 1 saturated heterocycles. The fourth-order valence-electron chi connectivity index (χ4n) is 3.30. The third kappa shape index (κ3) is 3.42. The minimum absolute atomic E-state index is 0.0723. The Balaban J connectivity index is 1.48. The summed E-state index contributed by atoms with van der Waals surface area (Å²) < 4.78 is 17.6. The van der Waals surface area contributed by atoms with Crippen molar-refractivity contribution in [2.24, 2.45) is 0 Å². The number of aryl methyl sites for hydroxylation is 1. The third-order valence-corrected chi connectivity index (χ3v) is 4.55. The van der Waals surface area contributed by atoms with Crippen LogP contribution in [0.3, 0.4) is 0 Å². The molecule has 1 atom stereocenters. The largest absolute Gasteiger partial charge is 0.515 e. The van der Waals surface area contributed by atoms with Crippen LogP contribution >= 0.6 is 0 Å². The number of fused-ring (bicyclic) bond motifs is 1. The van der Waals surface area contributed by atoms with Gasteiger partial charge in [-0.3, -0.25) is 5.10 Å². The first kappa shape index (κ1) is 18.0. The van der Waals surface area contributed by atoms with Crippen molar-refractivity contribution in [2.75, 3.05) is 24.7 Å². The maximum atomic E-state index is 11.6. The van der Waals surface area contributed by atoms with Crippen molar-refractivity contribution in [3.63, 3.8) is 0 Å². The predicted octanol–water partition coefficient (Wildman–Crippen LogP) is 1.74. The first-order valence-electron chi connectivity index (χ1n) is 9.11. The number of nitrogens with zero attached hydrogens (tertiary/aromatic N) is 6. The highest BCUT2D eigenvalue weighted by Gasteiger charge is 2.29. The van der Waals surface area contributed by atoms with Crippen molar-refractivity contribution < 1.29 is 19.0 Å². The van der Waals surface area contributed by atoms with Crippen LogP contribution in [0.4, 0.5) is 10.6 Å². The lowest BCUT2D eigenvalue weighted by Gasteiger charge is -2.26. The number of rotatable bonds is 6. The molecule has 0 radical (unpaired) electrons. The maximum Gasteiger partial charge on any atom is 0.515 e. The number of aromatic amines is 1. The monoisotopic (exact) mass is 387 g/mol. The standard InChI is InChI=1S/C17H21N7O4/c1-3-26-17(25)28-15-14(11(2)21-22-15)27-9-12-5-4-8-23(12)13-6-7-18-16-19-10-20-24(13)16/h6-7,10,12H,3-5,8-9H2,1-2H3,(H,21,22)/t12-/m1/s1. The minimum Gasteiger partial charge on any atom is -0.484 e. The van der Waals surface area contributed by atoms with Crippen LogP contribution in [0.25, 0.3) is 5.78 Å². The second-order valence-corrected chi connectivity index (χ2v) is 6.34. The van der Waals surface area contributed by atoms with Gasteiger partial charge in [0.15, 0.2) is 0 Å². The number of ether oxygens (including phenoxy) is 3. The van der Waals surface area contributed by atoms with Gasteiger partial charge in [0.25, 0.3) is 11.7 Å². The number of nitrogens with one attached hydrogen (secondary N) is 1. The molecule has 11 nitrogen and oxygen atoms in total.